The summed E-state index contributed by atoms with van der Waals surface area (Å²) in [6.45, 7) is 5.79. The Morgan fingerprint density at radius 3 is 2.30 bits per heavy atom. The van der Waals surface area contributed by atoms with Gasteiger partial charge < -0.3 is 30.3 Å². The second-order valence-corrected chi connectivity index (χ2v) is 11.6. The van der Waals surface area contributed by atoms with E-state index in [4.69, 9.17) is 5.11 Å². The van der Waals surface area contributed by atoms with Crippen LogP contribution in [0.25, 0.3) is 22.4 Å². The van der Waals surface area contributed by atoms with Crippen molar-refractivity contribution in [3.8, 4) is 22.4 Å². The quantitative estimate of drug-likeness (QED) is 0.185. The summed E-state index contributed by atoms with van der Waals surface area (Å²) < 4.78 is 16.0. The number of hydrogen-bond acceptors (Lipinski definition) is 5. The van der Waals surface area contributed by atoms with Crippen LogP contribution >= 0.6 is 0 Å². The van der Waals surface area contributed by atoms with Crippen LogP contribution in [0.2, 0.25) is 0 Å². The summed E-state index contributed by atoms with van der Waals surface area (Å²) in [5, 5.41) is 43.3. The number of aliphatic hydroxyl groups is 3. The number of hydrogen-bond donors (Lipinski definition) is 5. The van der Waals surface area contributed by atoms with Crippen LogP contribution in [0.5, 0.6) is 0 Å². The first-order chi connectivity index (χ1) is 20.9. The number of carbonyl (C=O) groups is 2. The van der Waals surface area contributed by atoms with E-state index in [2.05, 4.69) is 5.32 Å². The molecule has 2 aromatic carbocycles. The standard InChI is InChI=1S/C35H39FN2O6/c1-22(2)32-31(34(43)37-26-10-7-17-35(3,44)18-15-26)30(23-8-5-4-6-9-23)33(24-11-13-25(36)14-12-24)38(32)19-16-27(39)20-28(40)21-29(41)42/h4-15,17-18,22,27-28,39-40,44H,16,19-21H2,1-3H3,(H,37,43)(H,41,42)/t27-,28-,35?/m1/s1. The Balaban J connectivity index is 1.88. The maximum Gasteiger partial charge on any atom is 0.305 e. The molecule has 1 heterocycles. The summed E-state index contributed by atoms with van der Waals surface area (Å²) in [7, 11) is 0. The van der Waals surface area contributed by atoms with E-state index in [0.717, 1.165) is 5.56 Å². The number of benzene rings is 2. The summed E-state index contributed by atoms with van der Waals surface area (Å²) in [6.07, 6.45) is 5.57. The summed E-state index contributed by atoms with van der Waals surface area (Å²) in [6, 6.07) is 15.4. The fraction of sp³-hybridized carbons (Fsp3) is 0.314. The van der Waals surface area contributed by atoms with Crippen LogP contribution in [-0.2, 0) is 11.3 Å². The lowest BCUT2D eigenvalue weighted by Gasteiger charge is -2.20. The lowest BCUT2D eigenvalue weighted by atomic mass is 9.94. The second kappa shape index (κ2) is 14.0. The first-order valence-corrected chi connectivity index (χ1v) is 14.6. The van der Waals surface area contributed by atoms with Crippen molar-refractivity contribution < 1.29 is 34.4 Å². The van der Waals surface area contributed by atoms with Crippen molar-refractivity contribution in [2.24, 2.45) is 0 Å². The molecule has 9 heteroatoms. The summed E-state index contributed by atoms with van der Waals surface area (Å²) >= 11 is 0. The van der Waals surface area contributed by atoms with Gasteiger partial charge >= 0.3 is 5.97 Å². The van der Waals surface area contributed by atoms with Crippen LogP contribution < -0.4 is 5.32 Å². The zero-order valence-electron chi connectivity index (χ0n) is 25.1. The SMILES string of the molecule is CC(C)c1c(C(=O)NC2=CC=CC(C)(O)C=C2)c(-c2ccccc2)c(-c2ccc(F)cc2)n1CC[C@@H](O)C[C@@H](O)CC(=O)O. The number of nitrogens with zero attached hydrogens (tertiary/aromatic N) is 1. The maximum absolute atomic E-state index is 14.3. The van der Waals surface area contributed by atoms with Gasteiger partial charge in [0.05, 0.1) is 35.5 Å². The smallest absolute Gasteiger partial charge is 0.305 e. The molecule has 0 bridgehead atoms. The van der Waals surface area contributed by atoms with E-state index in [9.17, 15) is 29.3 Å². The predicted molar refractivity (Wildman–Crippen MR) is 167 cm³/mol. The summed E-state index contributed by atoms with van der Waals surface area (Å²) in [4.78, 5) is 25.3. The molecule has 3 aromatic rings. The largest absolute Gasteiger partial charge is 0.481 e. The number of aliphatic hydroxyl groups excluding tert-OH is 2. The molecule has 8 nitrogen and oxygen atoms in total. The number of aromatic nitrogens is 1. The average Bonchev–Trinajstić information content (AvgIpc) is 3.20. The molecule has 3 atom stereocenters. The second-order valence-electron chi connectivity index (χ2n) is 11.6. The molecule has 0 spiro atoms. The molecule has 1 aliphatic carbocycles. The zero-order valence-corrected chi connectivity index (χ0v) is 25.1. The van der Waals surface area contributed by atoms with Gasteiger partial charge in [-0.05, 0) is 85.4 Å². The summed E-state index contributed by atoms with van der Waals surface area (Å²) in [5.41, 5.74) is 3.16. The minimum absolute atomic E-state index is 0.118. The number of amides is 1. The van der Waals surface area contributed by atoms with E-state index >= 15 is 0 Å². The van der Waals surface area contributed by atoms with Crippen LogP contribution in [0.15, 0.2) is 90.7 Å². The van der Waals surface area contributed by atoms with Crippen molar-refractivity contribution in [1.29, 1.82) is 0 Å². The Labute approximate surface area is 256 Å². The zero-order chi connectivity index (χ0) is 32.0. The highest BCUT2D eigenvalue weighted by Crippen LogP contribution is 2.42. The molecule has 0 fully saturated rings. The Morgan fingerprint density at radius 1 is 0.977 bits per heavy atom. The number of carboxylic acids is 1. The molecular weight excluding hydrogens is 563 g/mol. The van der Waals surface area contributed by atoms with Crippen molar-refractivity contribution in [3.63, 3.8) is 0 Å². The van der Waals surface area contributed by atoms with Gasteiger partial charge in [-0.25, -0.2) is 4.39 Å². The molecule has 1 aliphatic rings. The third kappa shape index (κ3) is 7.99. The van der Waals surface area contributed by atoms with E-state index in [0.29, 0.717) is 33.8 Å². The van der Waals surface area contributed by atoms with Gasteiger partial charge in [0.15, 0.2) is 0 Å². The number of rotatable bonds is 12. The third-order valence-electron chi connectivity index (χ3n) is 7.47. The van der Waals surface area contributed by atoms with Gasteiger partial charge in [-0.15, -0.1) is 0 Å². The summed E-state index contributed by atoms with van der Waals surface area (Å²) in [5.74, 6) is -2.11. The van der Waals surface area contributed by atoms with Crippen molar-refractivity contribution in [2.75, 3.05) is 0 Å². The van der Waals surface area contributed by atoms with Gasteiger partial charge in [0.2, 0.25) is 0 Å². The Bertz CT molecular complexity index is 1570. The molecule has 0 saturated carbocycles. The Morgan fingerprint density at radius 2 is 1.66 bits per heavy atom. The normalized spacial score (nSPS) is 17.7. The van der Waals surface area contributed by atoms with Crippen molar-refractivity contribution in [3.05, 3.63) is 108 Å². The van der Waals surface area contributed by atoms with Gasteiger partial charge in [0.25, 0.3) is 5.91 Å². The fourth-order valence-corrected chi connectivity index (χ4v) is 5.48. The van der Waals surface area contributed by atoms with Crippen LogP contribution in [0.1, 0.15) is 62.0 Å². The van der Waals surface area contributed by atoms with E-state index in [1.807, 2.05) is 48.7 Å². The molecule has 0 saturated heterocycles. The molecular formula is C35H39FN2O6. The molecule has 0 aliphatic heterocycles. The molecule has 1 amide bonds. The lowest BCUT2D eigenvalue weighted by Crippen LogP contribution is -2.25. The highest BCUT2D eigenvalue weighted by Gasteiger charge is 2.31. The minimum Gasteiger partial charge on any atom is -0.481 e. The molecule has 44 heavy (non-hydrogen) atoms. The van der Waals surface area contributed by atoms with Gasteiger partial charge in [0, 0.05) is 23.5 Å². The predicted octanol–water partition coefficient (Wildman–Crippen LogP) is 5.55. The Kier molecular flexibility index (Phi) is 10.4. The number of allylic oxidation sites excluding steroid dienone is 3. The number of carboxylic acid groups (broad SMARTS) is 1. The fourth-order valence-electron chi connectivity index (χ4n) is 5.48. The number of aliphatic carboxylic acids is 1. The molecule has 0 radical (unpaired) electrons. The topological polar surface area (TPSA) is 132 Å². The first-order valence-electron chi connectivity index (χ1n) is 14.6. The van der Waals surface area contributed by atoms with Gasteiger partial charge in [0.1, 0.15) is 5.82 Å². The highest BCUT2D eigenvalue weighted by atomic mass is 19.1. The van der Waals surface area contributed by atoms with E-state index in [1.54, 1.807) is 49.4 Å². The van der Waals surface area contributed by atoms with Crippen LogP contribution in [-0.4, -0.2) is 54.7 Å². The average molecular weight is 603 g/mol. The van der Waals surface area contributed by atoms with Crippen molar-refractivity contribution in [1.82, 2.24) is 9.88 Å². The van der Waals surface area contributed by atoms with Crippen molar-refractivity contribution >= 4 is 11.9 Å². The number of nitrogens with one attached hydrogen (secondary N) is 1. The molecule has 4 rings (SSSR count). The molecule has 232 valence electrons. The monoisotopic (exact) mass is 602 g/mol. The van der Waals surface area contributed by atoms with Crippen LogP contribution in [0, 0.1) is 5.82 Å². The molecule has 5 N–H and O–H groups in total. The number of carbonyl (C=O) groups excluding carboxylic acids is 1. The number of halogens is 1. The lowest BCUT2D eigenvalue weighted by molar-refractivity contribution is -0.139. The highest BCUT2D eigenvalue weighted by molar-refractivity contribution is 6.07. The van der Waals surface area contributed by atoms with E-state index in [-0.39, 0.29) is 31.2 Å². The molecule has 1 unspecified atom stereocenters. The third-order valence-corrected chi connectivity index (χ3v) is 7.47. The maximum atomic E-state index is 14.3. The van der Waals surface area contributed by atoms with E-state index < -0.39 is 36.0 Å². The van der Waals surface area contributed by atoms with E-state index in [1.165, 1.54) is 12.1 Å². The van der Waals surface area contributed by atoms with Crippen LogP contribution in [0.3, 0.4) is 0 Å². The first kappa shape index (κ1) is 32.6. The van der Waals surface area contributed by atoms with Gasteiger partial charge in [-0.1, -0.05) is 50.3 Å². The van der Waals surface area contributed by atoms with Gasteiger partial charge in [-0.2, -0.15) is 0 Å². The minimum atomic E-state index is -1.20. The van der Waals surface area contributed by atoms with Gasteiger partial charge in [-0.3, -0.25) is 9.59 Å². The van der Waals surface area contributed by atoms with Crippen LogP contribution in [0.4, 0.5) is 4.39 Å². The van der Waals surface area contributed by atoms with Crippen molar-refractivity contribution in [2.45, 2.75) is 70.3 Å². The molecule has 1 aromatic heterocycles. The Hall–Kier alpha value is -4.31.